The lowest BCUT2D eigenvalue weighted by molar-refractivity contribution is 0.557. The van der Waals surface area contributed by atoms with Gasteiger partial charge in [-0.2, -0.15) is 11.8 Å². The van der Waals surface area contributed by atoms with Crippen molar-refractivity contribution >= 4 is 28.9 Å². The lowest BCUT2D eigenvalue weighted by Crippen LogP contribution is -2.13. The Morgan fingerprint density at radius 3 is 2.94 bits per heavy atom. The van der Waals surface area contributed by atoms with Gasteiger partial charge in [-0.25, -0.2) is 9.97 Å². The first kappa shape index (κ1) is 12.2. The molecule has 17 heavy (non-hydrogen) atoms. The van der Waals surface area contributed by atoms with Crippen LogP contribution in [0.2, 0.25) is 0 Å². The minimum atomic E-state index is 0.365. The highest BCUT2D eigenvalue weighted by Crippen LogP contribution is 2.26. The third-order valence-electron chi connectivity index (χ3n) is 3.00. The average molecular weight is 250 g/mol. The Kier molecular flexibility index (Phi) is 3.57. The van der Waals surface area contributed by atoms with E-state index in [4.69, 9.17) is 5.73 Å². The van der Waals surface area contributed by atoms with Crippen LogP contribution in [-0.4, -0.2) is 26.5 Å². The zero-order valence-electron chi connectivity index (χ0n) is 10.5. The van der Waals surface area contributed by atoms with Gasteiger partial charge in [0.25, 0.3) is 0 Å². The van der Waals surface area contributed by atoms with Crippen molar-refractivity contribution in [2.75, 3.05) is 17.7 Å². The van der Waals surface area contributed by atoms with Crippen LogP contribution in [-0.2, 0) is 0 Å². The van der Waals surface area contributed by atoms with E-state index < -0.39 is 0 Å². The second-order valence-electron chi connectivity index (χ2n) is 4.16. The molecule has 2 heterocycles. The monoisotopic (exact) mass is 250 g/mol. The molecule has 2 aromatic heterocycles. The second-order valence-corrected chi connectivity index (χ2v) is 5.07. The lowest BCUT2D eigenvalue weighted by Gasteiger charge is -2.17. The predicted octanol–water partition coefficient (Wildman–Crippen LogP) is 2.64. The first-order chi connectivity index (χ1) is 8.19. The van der Waals surface area contributed by atoms with E-state index in [1.165, 1.54) is 0 Å². The van der Waals surface area contributed by atoms with E-state index in [1.54, 1.807) is 0 Å². The number of nitrogens with zero attached hydrogens (tertiary/aromatic N) is 3. The molecule has 0 spiro atoms. The first-order valence-electron chi connectivity index (χ1n) is 5.77. The van der Waals surface area contributed by atoms with Gasteiger partial charge in [0.2, 0.25) is 5.95 Å². The van der Waals surface area contributed by atoms with Crippen LogP contribution in [0.15, 0.2) is 12.3 Å². The molecule has 0 aromatic carbocycles. The van der Waals surface area contributed by atoms with Crippen molar-refractivity contribution < 1.29 is 0 Å². The van der Waals surface area contributed by atoms with Crippen molar-refractivity contribution in [3.8, 4) is 0 Å². The molecule has 0 radical (unpaired) electrons. The normalized spacial score (nSPS) is 13.1. The Bertz CT molecular complexity index is 520. The van der Waals surface area contributed by atoms with Crippen molar-refractivity contribution in [2.24, 2.45) is 0 Å². The van der Waals surface area contributed by atoms with Gasteiger partial charge in [0.1, 0.15) is 5.52 Å². The van der Waals surface area contributed by atoms with Crippen LogP contribution >= 0.6 is 11.8 Å². The molecule has 0 fully saturated rings. The number of aromatic nitrogens is 3. The molecule has 0 saturated carbocycles. The van der Waals surface area contributed by atoms with E-state index in [2.05, 4.69) is 27.7 Å². The summed E-state index contributed by atoms with van der Waals surface area (Å²) in [5.41, 5.74) is 8.98. The maximum atomic E-state index is 6.03. The van der Waals surface area contributed by atoms with Crippen LogP contribution in [0.5, 0.6) is 0 Å². The van der Waals surface area contributed by atoms with Crippen molar-refractivity contribution in [1.82, 2.24) is 14.5 Å². The maximum Gasteiger partial charge on any atom is 0.202 e. The molecule has 0 aliphatic heterocycles. The summed E-state index contributed by atoms with van der Waals surface area (Å²) in [4.78, 5) is 8.86. The Balaban J connectivity index is 2.59. The van der Waals surface area contributed by atoms with Crippen molar-refractivity contribution in [1.29, 1.82) is 0 Å². The van der Waals surface area contributed by atoms with Gasteiger partial charge in [0.15, 0.2) is 5.65 Å². The molecule has 0 saturated heterocycles. The summed E-state index contributed by atoms with van der Waals surface area (Å²) in [6, 6.07) is 2.33. The molecule has 92 valence electrons. The van der Waals surface area contributed by atoms with E-state index in [0.717, 1.165) is 28.9 Å². The van der Waals surface area contributed by atoms with Crippen LogP contribution in [0.1, 0.15) is 24.9 Å². The number of thioether (sulfide) groups is 1. The van der Waals surface area contributed by atoms with Gasteiger partial charge in [-0.05, 0) is 31.2 Å². The zero-order valence-corrected chi connectivity index (χ0v) is 11.3. The number of hydrogen-bond acceptors (Lipinski definition) is 4. The third kappa shape index (κ3) is 2.11. The average Bonchev–Trinajstić information content (AvgIpc) is 2.64. The fourth-order valence-electron chi connectivity index (χ4n) is 2.05. The molecular weight excluding hydrogens is 232 g/mol. The molecule has 1 unspecified atom stereocenters. The summed E-state index contributed by atoms with van der Waals surface area (Å²) >= 11 is 1.82. The summed E-state index contributed by atoms with van der Waals surface area (Å²) in [7, 11) is 0. The molecule has 0 amide bonds. The standard InChI is InChI=1S/C12H18N4S/c1-4-9(7-17-3)16-11-10(15-12(16)13)8(2)5-6-14-11/h5-6,9H,4,7H2,1-3H3,(H2,13,15). The zero-order chi connectivity index (χ0) is 12.4. The molecule has 0 aliphatic rings. The number of nitrogens with two attached hydrogens (primary N) is 1. The van der Waals surface area contributed by atoms with Gasteiger partial charge < -0.3 is 5.73 Å². The summed E-state index contributed by atoms with van der Waals surface area (Å²) in [6.07, 6.45) is 4.96. The summed E-state index contributed by atoms with van der Waals surface area (Å²) in [6.45, 7) is 4.21. The number of nitrogen functional groups attached to an aromatic ring is 1. The van der Waals surface area contributed by atoms with Gasteiger partial charge in [0.05, 0.1) is 0 Å². The number of rotatable bonds is 4. The summed E-state index contributed by atoms with van der Waals surface area (Å²) in [5, 5.41) is 0. The molecule has 5 heteroatoms. The van der Waals surface area contributed by atoms with Gasteiger partial charge in [-0.15, -0.1) is 0 Å². The number of imidazole rings is 1. The van der Waals surface area contributed by atoms with Crippen LogP contribution < -0.4 is 5.73 Å². The molecule has 2 N–H and O–H groups in total. The Hall–Kier alpha value is -1.23. The molecular formula is C12H18N4S. The van der Waals surface area contributed by atoms with Gasteiger partial charge >= 0.3 is 0 Å². The molecule has 2 rings (SSSR count). The van der Waals surface area contributed by atoms with Crippen molar-refractivity contribution in [3.05, 3.63) is 17.8 Å². The van der Waals surface area contributed by atoms with Crippen molar-refractivity contribution in [3.63, 3.8) is 0 Å². The topological polar surface area (TPSA) is 56.7 Å². The Labute approximate surface area is 106 Å². The second kappa shape index (κ2) is 4.96. The van der Waals surface area contributed by atoms with E-state index in [-0.39, 0.29) is 0 Å². The number of pyridine rings is 1. The van der Waals surface area contributed by atoms with Gasteiger partial charge in [-0.3, -0.25) is 4.57 Å². The maximum absolute atomic E-state index is 6.03. The van der Waals surface area contributed by atoms with E-state index in [0.29, 0.717) is 12.0 Å². The predicted molar refractivity (Wildman–Crippen MR) is 74.4 cm³/mol. The van der Waals surface area contributed by atoms with E-state index >= 15 is 0 Å². The number of anilines is 1. The number of fused-ring (bicyclic) bond motifs is 1. The molecule has 0 bridgehead atoms. The Morgan fingerprint density at radius 2 is 2.29 bits per heavy atom. The molecule has 1 atom stereocenters. The molecule has 0 aliphatic carbocycles. The number of aryl methyl sites for hydroxylation is 1. The van der Waals surface area contributed by atoms with Crippen molar-refractivity contribution in [2.45, 2.75) is 26.3 Å². The minimum Gasteiger partial charge on any atom is -0.369 e. The van der Waals surface area contributed by atoms with Crippen LogP contribution in [0.4, 0.5) is 5.95 Å². The Morgan fingerprint density at radius 1 is 1.53 bits per heavy atom. The molecule has 2 aromatic rings. The fourth-order valence-corrected chi connectivity index (χ4v) is 2.82. The minimum absolute atomic E-state index is 0.365. The van der Waals surface area contributed by atoms with Crippen LogP contribution in [0.25, 0.3) is 11.2 Å². The highest BCUT2D eigenvalue weighted by atomic mass is 32.2. The SMILES string of the molecule is CCC(CSC)n1c(N)nc2c(C)ccnc21. The van der Waals surface area contributed by atoms with Crippen LogP contribution in [0, 0.1) is 6.92 Å². The van der Waals surface area contributed by atoms with Gasteiger partial charge in [-0.1, -0.05) is 6.92 Å². The van der Waals surface area contributed by atoms with E-state index in [9.17, 15) is 0 Å². The third-order valence-corrected chi connectivity index (χ3v) is 3.72. The molecule has 4 nitrogen and oxygen atoms in total. The number of hydrogen-bond donors (Lipinski definition) is 1. The fraction of sp³-hybridized carbons (Fsp3) is 0.500. The largest absolute Gasteiger partial charge is 0.369 e. The van der Waals surface area contributed by atoms with E-state index in [1.807, 2.05) is 30.9 Å². The quantitative estimate of drug-likeness (QED) is 0.906. The summed E-state index contributed by atoms with van der Waals surface area (Å²) in [5.74, 6) is 1.60. The highest BCUT2D eigenvalue weighted by molar-refractivity contribution is 7.98. The first-order valence-corrected chi connectivity index (χ1v) is 7.16. The summed E-state index contributed by atoms with van der Waals surface area (Å²) < 4.78 is 2.07. The van der Waals surface area contributed by atoms with Crippen LogP contribution in [0.3, 0.4) is 0 Å². The van der Waals surface area contributed by atoms with Gasteiger partial charge in [0, 0.05) is 18.0 Å². The lowest BCUT2D eigenvalue weighted by atomic mass is 10.2. The smallest absolute Gasteiger partial charge is 0.202 e. The highest BCUT2D eigenvalue weighted by Gasteiger charge is 2.17.